The van der Waals surface area contributed by atoms with Crippen LogP contribution in [-0.4, -0.2) is 36.7 Å². The Morgan fingerprint density at radius 1 is 0.938 bits per heavy atom. The lowest BCUT2D eigenvalue weighted by atomic mass is 10.1. The summed E-state index contributed by atoms with van der Waals surface area (Å²) in [7, 11) is 0. The van der Waals surface area contributed by atoms with Crippen LogP contribution < -0.4 is 20.7 Å². The summed E-state index contributed by atoms with van der Waals surface area (Å²) < 4.78 is 10.7. The number of hydrogen-bond donors (Lipinski definition) is 3. The molecule has 0 aliphatic heterocycles. The van der Waals surface area contributed by atoms with Gasteiger partial charge < -0.3 is 25.4 Å². The number of hydrogen-bond acceptors (Lipinski definition) is 5. The lowest BCUT2D eigenvalue weighted by Gasteiger charge is -2.19. The van der Waals surface area contributed by atoms with Crippen molar-refractivity contribution in [2.45, 2.75) is 46.8 Å². The van der Waals surface area contributed by atoms with Gasteiger partial charge in [-0.25, -0.2) is 4.79 Å². The molecule has 8 heteroatoms. The van der Waals surface area contributed by atoms with Gasteiger partial charge in [-0.2, -0.15) is 0 Å². The first-order valence-electron chi connectivity index (χ1n) is 10.3. The van der Waals surface area contributed by atoms with Gasteiger partial charge in [-0.05, 0) is 69.5 Å². The number of alkyl carbamates (subject to hydrolysis) is 1. The molecule has 32 heavy (non-hydrogen) atoms. The minimum atomic E-state index is -0.652. The van der Waals surface area contributed by atoms with Gasteiger partial charge in [0.1, 0.15) is 17.9 Å². The molecule has 0 heterocycles. The van der Waals surface area contributed by atoms with E-state index in [0.717, 1.165) is 16.7 Å². The van der Waals surface area contributed by atoms with Crippen LogP contribution in [0.3, 0.4) is 0 Å². The van der Waals surface area contributed by atoms with E-state index in [2.05, 4.69) is 16.0 Å². The molecule has 0 saturated heterocycles. The first-order valence-corrected chi connectivity index (χ1v) is 10.3. The van der Waals surface area contributed by atoms with Gasteiger partial charge in [0.15, 0.2) is 6.61 Å². The van der Waals surface area contributed by atoms with Crippen molar-refractivity contribution in [3.8, 4) is 5.75 Å². The average molecular weight is 442 g/mol. The lowest BCUT2D eigenvalue weighted by molar-refractivity contribution is -0.120. The van der Waals surface area contributed by atoms with Gasteiger partial charge in [0.2, 0.25) is 5.91 Å². The fraction of sp³-hybridized carbons (Fsp3) is 0.375. The van der Waals surface area contributed by atoms with Gasteiger partial charge in [0.05, 0.1) is 0 Å². The molecular weight excluding hydrogens is 410 g/mol. The second-order valence-electron chi connectivity index (χ2n) is 8.37. The summed E-state index contributed by atoms with van der Waals surface area (Å²) in [6, 6.07) is 12.8. The molecule has 0 aliphatic carbocycles. The van der Waals surface area contributed by atoms with Gasteiger partial charge >= 0.3 is 6.09 Å². The monoisotopic (exact) mass is 441 g/mol. The van der Waals surface area contributed by atoms with E-state index in [1.54, 1.807) is 39.0 Å². The van der Waals surface area contributed by atoms with E-state index >= 15 is 0 Å². The molecule has 0 saturated carbocycles. The predicted octanol–water partition coefficient (Wildman–Crippen LogP) is 3.46. The van der Waals surface area contributed by atoms with Crippen molar-refractivity contribution >= 4 is 23.6 Å². The van der Waals surface area contributed by atoms with Gasteiger partial charge in [0, 0.05) is 12.2 Å². The Bertz CT molecular complexity index is 966. The van der Waals surface area contributed by atoms with Crippen LogP contribution in [0.2, 0.25) is 0 Å². The van der Waals surface area contributed by atoms with Crippen molar-refractivity contribution in [3.05, 3.63) is 59.2 Å². The van der Waals surface area contributed by atoms with Gasteiger partial charge in [0.25, 0.3) is 5.91 Å². The molecule has 0 radical (unpaired) electrons. The van der Waals surface area contributed by atoms with Crippen molar-refractivity contribution < 1.29 is 23.9 Å². The van der Waals surface area contributed by atoms with Crippen LogP contribution in [0.15, 0.2) is 42.5 Å². The third kappa shape index (κ3) is 8.67. The summed E-state index contributed by atoms with van der Waals surface area (Å²) in [6.07, 6.45) is -0.652. The SMILES string of the molecule is Cc1cccc(OCC(=O)Nc2cccc(CNC(=O)CNC(=O)OC(C)(C)C)c2)c1C. The van der Waals surface area contributed by atoms with Crippen molar-refractivity contribution in [1.82, 2.24) is 10.6 Å². The number of benzene rings is 2. The minimum Gasteiger partial charge on any atom is -0.483 e. The van der Waals surface area contributed by atoms with E-state index in [9.17, 15) is 14.4 Å². The van der Waals surface area contributed by atoms with Gasteiger partial charge in [-0.3, -0.25) is 9.59 Å². The van der Waals surface area contributed by atoms with Crippen LogP contribution in [-0.2, 0) is 20.9 Å². The molecule has 172 valence electrons. The van der Waals surface area contributed by atoms with Crippen LogP contribution in [0, 0.1) is 13.8 Å². The average Bonchev–Trinajstić information content (AvgIpc) is 2.71. The van der Waals surface area contributed by atoms with E-state index in [4.69, 9.17) is 9.47 Å². The Morgan fingerprint density at radius 3 is 2.38 bits per heavy atom. The third-order valence-corrected chi connectivity index (χ3v) is 4.41. The Labute approximate surface area is 188 Å². The normalized spacial score (nSPS) is 10.8. The van der Waals surface area contributed by atoms with Crippen LogP contribution in [0.25, 0.3) is 0 Å². The van der Waals surface area contributed by atoms with Crippen molar-refractivity contribution in [1.29, 1.82) is 0 Å². The number of nitrogens with one attached hydrogen (secondary N) is 3. The minimum absolute atomic E-state index is 0.110. The Balaban J connectivity index is 1.79. The fourth-order valence-electron chi connectivity index (χ4n) is 2.71. The summed E-state index contributed by atoms with van der Waals surface area (Å²) in [5.74, 6) is 0.0393. The fourth-order valence-corrected chi connectivity index (χ4v) is 2.71. The van der Waals surface area contributed by atoms with E-state index < -0.39 is 11.7 Å². The van der Waals surface area contributed by atoms with Crippen LogP contribution >= 0.6 is 0 Å². The Hall–Kier alpha value is -3.55. The molecule has 0 bridgehead atoms. The Kier molecular flexibility index (Phi) is 8.63. The smallest absolute Gasteiger partial charge is 0.408 e. The molecule has 0 spiro atoms. The second kappa shape index (κ2) is 11.2. The molecule has 3 amide bonds. The number of ether oxygens (including phenoxy) is 2. The second-order valence-corrected chi connectivity index (χ2v) is 8.37. The molecule has 0 atom stereocenters. The van der Waals surface area contributed by atoms with Crippen LogP contribution in [0.5, 0.6) is 5.75 Å². The maximum absolute atomic E-state index is 12.2. The van der Waals surface area contributed by atoms with Crippen molar-refractivity contribution in [2.75, 3.05) is 18.5 Å². The van der Waals surface area contributed by atoms with Crippen LogP contribution in [0.4, 0.5) is 10.5 Å². The number of carbonyl (C=O) groups is 3. The van der Waals surface area contributed by atoms with E-state index in [1.165, 1.54) is 0 Å². The molecular formula is C24H31N3O5. The molecule has 2 aromatic rings. The number of carbonyl (C=O) groups excluding carboxylic acids is 3. The highest BCUT2D eigenvalue weighted by Gasteiger charge is 2.16. The summed E-state index contributed by atoms with van der Waals surface area (Å²) in [4.78, 5) is 35.8. The van der Waals surface area contributed by atoms with E-state index in [1.807, 2.05) is 38.1 Å². The molecule has 2 aromatic carbocycles. The highest BCUT2D eigenvalue weighted by atomic mass is 16.6. The summed E-state index contributed by atoms with van der Waals surface area (Å²) >= 11 is 0. The largest absolute Gasteiger partial charge is 0.483 e. The molecule has 2 rings (SSSR count). The van der Waals surface area contributed by atoms with Crippen molar-refractivity contribution in [2.24, 2.45) is 0 Å². The molecule has 0 fully saturated rings. The first kappa shape index (κ1) is 24.7. The highest BCUT2D eigenvalue weighted by Crippen LogP contribution is 2.20. The lowest BCUT2D eigenvalue weighted by Crippen LogP contribution is -2.39. The van der Waals surface area contributed by atoms with Crippen LogP contribution in [0.1, 0.15) is 37.5 Å². The van der Waals surface area contributed by atoms with E-state index in [0.29, 0.717) is 11.4 Å². The maximum atomic E-state index is 12.2. The zero-order valence-electron chi connectivity index (χ0n) is 19.2. The topological polar surface area (TPSA) is 106 Å². The summed E-state index contributed by atoms with van der Waals surface area (Å²) in [6.45, 7) is 9.11. The van der Waals surface area contributed by atoms with E-state index in [-0.39, 0.29) is 31.5 Å². The zero-order valence-corrected chi connectivity index (χ0v) is 19.2. The third-order valence-electron chi connectivity index (χ3n) is 4.41. The first-order chi connectivity index (χ1) is 15.0. The molecule has 3 N–H and O–H groups in total. The highest BCUT2D eigenvalue weighted by molar-refractivity contribution is 5.92. The standard InChI is InChI=1S/C24H31N3O5/c1-16-8-6-11-20(17(16)2)31-15-22(29)27-19-10-7-9-18(12-19)13-25-21(28)14-26-23(30)32-24(3,4)5/h6-12H,13-15H2,1-5H3,(H,25,28)(H,26,30)(H,27,29). The number of amides is 3. The predicted molar refractivity (Wildman–Crippen MR) is 123 cm³/mol. The molecule has 0 aliphatic rings. The van der Waals surface area contributed by atoms with Gasteiger partial charge in [-0.15, -0.1) is 0 Å². The van der Waals surface area contributed by atoms with Gasteiger partial charge in [-0.1, -0.05) is 24.3 Å². The summed E-state index contributed by atoms with van der Waals surface area (Å²) in [5, 5.41) is 7.90. The molecule has 0 aromatic heterocycles. The number of rotatable bonds is 8. The molecule has 8 nitrogen and oxygen atoms in total. The zero-order chi connectivity index (χ0) is 23.7. The Morgan fingerprint density at radius 2 is 1.66 bits per heavy atom. The molecule has 0 unspecified atom stereocenters. The maximum Gasteiger partial charge on any atom is 0.408 e. The quantitative estimate of drug-likeness (QED) is 0.582. The number of aryl methyl sites for hydroxylation is 1. The summed E-state index contributed by atoms with van der Waals surface area (Å²) in [5.41, 5.74) is 2.86. The van der Waals surface area contributed by atoms with Crippen molar-refractivity contribution in [3.63, 3.8) is 0 Å². The number of anilines is 1.